The molecular weight excluding hydrogens is 350 g/mol. The molecule has 0 spiro atoms. The van der Waals surface area contributed by atoms with Crippen molar-refractivity contribution in [1.82, 2.24) is 24.6 Å². The fourth-order valence-electron chi connectivity index (χ4n) is 4.19. The van der Waals surface area contributed by atoms with Gasteiger partial charge in [-0.05, 0) is 19.8 Å². The normalized spacial score (nSPS) is 19.5. The second-order valence-electron chi connectivity index (χ2n) is 7.22. The summed E-state index contributed by atoms with van der Waals surface area (Å²) in [6.45, 7) is 7.18. The van der Waals surface area contributed by atoms with Crippen LogP contribution < -0.4 is 10.2 Å². The fraction of sp³-hybridized carbons (Fsp3) is 0.722. The molecule has 144 valence electrons. The topological polar surface area (TPSA) is 62.1 Å². The summed E-state index contributed by atoms with van der Waals surface area (Å²) in [5, 5.41) is 8.70. The molecule has 0 unspecified atom stereocenters. The average Bonchev–Trinajstić information content (AvgIpc) is 3.04. The summed E-state index contributed by atoms with van der Waals surface area (Å²) in [7, 11) is 1.94. The maximum atomic E-state index is 4.80. The van der Waals surface area contributed by atoms with Crippen LogP contribution in [0.25, 0.3) is 11.0 Å². The number of rotatable bonds is 4. The van der Waals surface area contributed by atoms with E-state index in [1.165, 1.54) is 32.1 Å². The standard InChI is InChI=1S/C18H29N7.ClH/c1-3-19-16-15-13-20-23(2)17(15)22-18(21-16)25-11-9-24(10-12-25)14-7-5-4-6-8-14;/h13-14H,3-12H2,1-2H3,(H,19,21,22);1H. The van der Waals surface area contributed by atoms with Crippen LogP contribution in [0.1, 0.15) is 39.0 Å². The Kier molecular flexibility index (Phi) is 6.19. The van der Waals surface area contributed by atoms with E-state index in [9.17, 15) is 0 Å². The molecule has 7 nitrogen and oxygen atoms in total. The van der Waals surface area contributed by atoms with E-state index in [4.69, 9.17) is 9.97 Å². The highest BCUT2D eigenvalue weighted by atomic mass is 35.5. The van der Waals surface area contributed by atoms with Crippen LogP contribution in [-0.2, 0) is 7.05 Å². The van der Waals surface area contributed by atoms with Crippen LogP contribution >= 0.6 is 12.4 Å². The summed E-state index contributed by atoms with van der Waals surface area (Å²) in [6.07, 6.45) is 8.82. The number of nitrogens with zero attached hydrogens (tertiary/aromatic N) is 6. The van der Waals surface area contributed by atoms with E-state index in [1.807, 2.05) is 17.9 Å². The molecule has 1 N–H and O–H groups in total. The number of fused-ring (bicyclic) bond motifs is 1. The molecule has 3 heterocycles. The number of aryl methyl sites for hydroxylation is 1. The van der Waals surface area contributed by atoms with E-state index in [0.717, 1.165) is 61.6 Å². The lowest BCUT2D eigenvalue weighted by atomic mass is 9.94. The van der Waals surface area contributed by atoms with Crippen molar-refractivity contribution in [2.45, 2.75) is 45.1 Å². The Hall–Kier alpha value is -1.60. The van der Waals surface area contributed by atoms with Crippen LogP contribution in [0.5, 0.6) is 0 Å². The summed E-state index contributed by atoms with van der Waals surface area (Å²) in [6, 6.07) is 0.800. The zero-order valence-electron chi connectivity index (χ0n) is 15.8. The molecule has 0 atom stereocenters. The lowest BCUT2D eigenvalue weighted by Crippen LogP contribution is -2.51. The van der Waals surface area contributed by atoms with Crippen molar-refractivity contribution in [1.29, 1.82) is 0 Å². The third kappa shape index (κ3) is 3.74. The van der Waals surface area contributed by atoms with Gasteiger partial charge in [0.2, 0.25) is 5.95 Å². The number of aromatic nitrogens is 4. The maximum absolute atomic E-state index is 4.80. The minimum absolute atomic E-state index is 0. The molecule has 1 aliphatic heterocycles. The molecule has 1 saturated carbocycles. The van der Waals surface area contributed by atoms with Gasteiger partial charge in [0.25, 0.3) is 0 Å². The minimum atomic E-state index is 0. The molecule has 2 aromatic heterocycles. The summed E-state index contributed by atoms with van der Waals surface area (Å²) in [5.74, 6) is 1.72. The highest BCUT2D eigenvalue weighted by molar-refractivity contribution is 5.87. The first kappa shape index (κ1) is 19.2. The van der Waals surface area contributed by atoms with Crippen LogP contribution in [0.3, 0.4) is 0 Å². The van der Waals surface area contributed by atoms with Crippen LogP contribution in [-0.4, -0.2) is 63.4 Å². The lowest BCUT2D eigenvalue weighted by molar-refractivity contribution is 0.147. The zero-order chi connectivity index (χ0) is 17.2. The Labute approximate surface area is 161 Å². The van der Waals surface area contributed by atoms with Gasteiger partial charge in [0, 0.05) is 45.8 Å². The van der Waals surface area contributed by atoms with Crippen LogP contribution in [0.4, 0.5) is 11.8 Å². The van der Waals surface area contributed by atoms with E-state index >= 15 is 0 Å². The Morgan fingerprint density at radius 3 is 2.50 bits per heavy atom. The van der Waals surface area contributed by atoms with Crippen molar-refractivity contribution >= 4 is 35.2 Å². The molecule has 8 heteroatoms. The molecule has 2 aromatic rings. The Morgan fingerprint density at radius 1 is 1.08 bits per heavy atom. The van der Waals surface area contributed by atoms with Gasteiger partial charge in [0.15, 0.2) is 5.65 Å². The van der Waals surface area contributed by atoms with Gasteiger partial charge in [-0.1, -0.05) is 19.3 Å². The molecule has 0 amide bonds. The van der Waals surface area contributed by atoms with Crippen LogP contribution in [0.2, 0.25) is 0 Å². The van der Waals surface area contributed by atoms with Gasteiger partial charge in [-0.25, -0.2) is 0 Å². The first-order valence-corrected chi connectivity index (χ1v) is 9.69. The van der Waals surface area contributed by atoms with Crippen molar-refractivity contribution in [2.75, 3.05) is 42.9 Å². The highest BCUT2D eigenvalue weighted by Crippen LogP contribution is 2.26. The Balaban J connectivity index is 0.00000196. The van der Waals surface area contributed by atoms with E-state index < -0.39 is 0 Å². The zero-order valence-corrected chi connectivity index (χ0v) is 16.6. The molecular formula is C18H30ClN7. The van der Waals surface area contributed by atoms with Crippen molar-refractivity contribution in [3.63, 3.8) is 0 Å². The fourth-order valence-corrected chi connectivity index (χ4v) is 4.19. The van der Waals surface area contributed by atoms with Crippen molar-refractivity contribution in [3.8, 4) is 0 Å². The predicted molar refractivity (Wildman–Crippen MR) is 108 cm³/mol. The summed E-state index contributed by atoms with van der Waals surface area (Å²) in [5.41, 5.74) is 0.899. The van der Waals surface area contributed by atoms with E-state index in [-0.39, 0.29) is 12.4 Å². The second kappa shape index (κ2) is 8.39. The number of halogens is 1. The highest BCUT2D eigenvalue weighted by Gasteiger charge is 2.26. The van der Waals surface area contributed by atoms with Gasteiger partial charge in [-0.15, -0.1) is 12.4 Å². The van der Waals surface area contributed by atoms with Gasteiger partial charge < -0.3 is 10.2 Å². The van der Waals surface area contributed by atoms with Crippen molar-refractivity contribution in [2.24, 2.45) is 7.05 Å². The van der Waals surface area contributed by atoms with Crippen molar-refractivity contribution in [3.05, 3.63) is 6.20 Å². The monoisotopic (exact) mass is 379 g/mol. The molecule has 4 rings (SSSR count). The molecule has 0 radical (unpaired) electrons. The van der Waals surface area contributed by atoms with E-state index in [1.54, 1.807) is 0 Å². The number of hydrogen-bond donors (Lipinski definition) is 1. The number of anilines is 2. The lowest BCUT2D eigenvalue weighted by Gasteiger charge is -2.40. The van der Waals surface area contributed by atoms with Crippen LogP contribution in [0.15, 0.2) is 6.20 Å². The SMILES string of the molecule is CCNc1nc(N2CCN(C3CCCCC3)CC2)nc2c1cnn2C.Cl. The van der Waals surface area contributed by atoms with E-state index in [0.29, 0.717) is 0 Å². The molecule has 2 fully saturated rings. The smallest absolute Gasteiger partial charge is 0.229 e. The Morgan fingerprint density at radius 2 is 1.81 bits per heavy atom. The van der Waals surface area contributed by atoms with E-state index in [2.05, 4.69) is 27.1 Å². The quantitative estimate of drug-likeness (QED) is 0.881. The largest absolute Gasteiger partial charge is 0.370 e. The average molecular weight is 380 g/mol. The molecule has 26 heavy (non-hydrogen) atoms. The Bertz CT molecular complexity index is 718. The molecule has 0 aromatic carbocycles. The maximum Gasteiger partial charge on any atom is 0.229 e. The number of hydrogen-bond acceptors (Lipinski definition) is 6. The minimum Gasteiger partial charge on any atom is -0.370 e. The first-order chi connectivity index (χ1) is 12.3. The first-order valence-electron chi connectivity index (χ1n) is 9.69. The number of piperazine rings is 1. The molecule has 0 bridgehead atoms. The van der Waals surface area contributed by atoms with Gasteiger partial charge >= 0.3 is 0 Å². The van der Waals surface area contributed by atoms with Crippen molar-refractivity contribution < 1.29 is 0 Å². The summed E-state index contributed by atoms with van der Waals surface area (Å²) < 4.78 is 1.83. The third-order valence-corrected chi connectivity index (χ3v) is 5.61. The summed E-state index contributed by atoms with van der Waals surface area (Å²) in [4.78, 5) is 14.6. The third-order valence-electron chi connectivity index (χ3n) is 5.61. The van der Waals surface area contributed by atoms with Gasteiger partial charge in [-0.2, -0.15) is 15.1 Å². The van der Waals surface area contributed by atoms with Crippen LogP contribution in [0, 0.1) is 0 Å². The molecule has 1 saturated heterocycles. The second-order valence-corrected chi connectivity index (χ2v) is 7.22. The van der Waals surface area contributed by atoms with Gasteiger partial charge in [-0.3, -0.25) is 9.58 Å². The number of nitrogens with one attached hydrogen (secondary N) is 1. The predicted octanol–water partition coefficient (Wildman–Crippen LogP) is 2.67. The van der Waals surface area contributed by atoms with Gasteiger partial charge in [0.05, 0.1) is 11.6 Å². The molecule has 1 aliphatic carbocycles. The summed E-state index contributed by atoms with van der Waals surface area (Å²) >= 11 is 0. The van der Waals surface area contributed by atoms with Gasteiger partial charge in [0.1, 0.15) is 5.82 Å². The molecule has 2 aliphatic rings.